The third-order valence-corrected chi connectivity index (χ3v) is 3.70. The van der Waals surface area contributed by atoms with E-state index in [4.69, 9.17) is 4.74 Å². The van der Waals surface area contributed by atoms with E-state index in [1.54, 1.807) is 12.1 Å². The molecular formula is C19H25FN2O. The van der Waals surface area contributed by atoms with Gasteiger partial charge in [-0.15, -0.1) is 0 Å². The highest BCUT2D eigenvalue weighted by molar-refractivity contribution is 5.34. The first kappa shape index (κ1) is 17.4. The Kier molecular flexibility index (Phi) is 6.13. The number of ether oxygens (including phenoxy) is 1. The van der Waals surface area contributed by atoms with Crippen molar-refractivity contribution in [1.82, 2.24) is 9.80 Å². The molecule has 3 nitrogen and oxygen atoms in total. The standard InChI is InChI=1S/C19H25FN2O/c1-15(22(4)13-16-8-6-5-7-9-16)23-19-11-10-18(20)12-17(19)14-21(2)3/h5-12,15H,13-14H2,1-4H3. The first-order chi connectivity index (χ1) is 11.0. The van der Waals surface area contributed by atoms with Crippen LogP contribution in [0.5, 0.6) is 5.75 Å². The van der Waals surface area contributed by atoms with E-state index < -0.39 is 0 Å². The first-order valence-corrected chi connectivity index (χ1v) is 7.79. The SMILES string of the molecule is CC(Oc1ccc(F)cc1CN(C)C)N(C)Cc1ccccc1. The summed E-state index contributed by atoms with van der Waals surface area (Å²) < 4.78 is 19.6. The van der Waals surface area contributed by atoms with Gasteiger partial charge in [0.1, 0.15) is 17.8 Å². The second-order valence-electron chi connectivity index (χ2n) is 6.11. The highest BCUT2D eigenvalue weighted by Gasteiger charge is 2.14. The zero-order valence-electron chi connectivity index (χ0n) is 14.3. The molecule has 0 bridgehead atoms. The van der Waals surface area contributed by atoms with Crippen LogP contribution in [-0.4, -0.2) is 37.2 Å². The smallest absolute Gasteiger partial charge is 0.149 e. The summed E-state index contributed by atoms with van der Waals surface area (Å²) in [6.45, 7) is 3.44. The van der Waals surface area contributed by atoms with E-state index in [9.17, 15) is 4.39 Å². The van der Waals surface area contributed by atoms with Crippen molar-refractivity contribution in [2.24, 2.45) is 0 Å². The molecule has 0 saturated carbocycles. The summed E-state index contributed by atoms with van der Waals surface area (Å²) in [5.74, 6) is 0.493. The largest absolute Gasteiger partial charge is 0.475 e. The highest BCUT2D eigenvalue weighted by atomic mass is 19.1. The molecule has 0 saturated heterocycles. The predicted molar refractivity (Wildman–Crippen MR) is 91.8 cm³/mol. The van der Waals surface area contributed by atoms with Crippen molar-refractivity contribution < 1.29 is 9.13 Å². The predicted octanol–water partition coefficient (Wildman–Crippen LogP) is 3.74. The van der Waals surface area contributed by atoms with Crippen LogP contribution in [0, 0.1) is 5.82 Å². The molecule has 2 rings (SSSR count). The third-order valence-electron chi connectivity index (χ3n) is 3.70. The van der Waals surface area contributed by atoms with Crippen LogP contribution < -0.4 is 4.74 Å². The van der Waals surface area contributed by atoms with E-state index in [2.05, 4.69) is 17.0 Å². The molecule has 0 spiro atoms. The molecule has 4 heteroatoms. The van der Waals surface area contributed by atoms with Crippen LogP contribution >= 0.6 is 0 Å². The van der Waals surface area contributed by atoms with Gasteiger partial charge in [-0.1, -0.05) is 30.3 Å². The van der Waals surface area contributed by atoms with Crippen molar-refractivity contribution >= 4 is 0 Å². The van der Waals surface area contributed by atoms with Crippen molar-refractivity contribution in [3.8, 4) is 5.75 Å². The first-order valence-electron chi connectivity index (χ1n) is 7.79. The fourth-order valence-corrected chi connectivity index (χ4v) is 2.40. The van der Waals surface area contributed by atoms with Crippen LogP contribution in [0.4, 0.5) is 4.39 Å². The van der Waals surface area contributed by atoms with Gasteiger partial charge in [0.2, 0.25) is 0 Å². The Morgan fingerprint density at radius 2 is 1.70 bits per heavy atom. The zero-order chi connectivity index (χ0) is 16.8. The van der Waals surface area contributed by atoms with Crippen LogP contribution in [0.15, 0.2) is 48.5 Å². The summed E-state index contributed by atoms with van der Waals surface area (Å²) in [5, 5.41) is 0. The Hall–Kier alpha value is -1.91. The molecule has 0 aliphatic carbocycles. The van der Waals surface area contributed by atoms with Crippen LogP contribution in [0.25, 0.3) is 0 Å². The van der Waals surface area contributed by atoms with Crippen LogP contribution in [0.1, 0.15) is 18.1 Å². The minimum atomic E-state index is -0.237. The molecule has 0 radical (unpaired) electrons. The molecule has 0 fully saturated rings. The van der Waals surface area contributed by atoms with Gasteiger partial charge in [-0.2, -0.15) is 0 Å². The van der Waals surface area contributed by atoms with Crippen LogP contribution in [-0.2, 0) is 13.1 Å². The lowest BCUT2D eigenvalue weighted by atomic mass is 10.2. The Balaban J connectivity index is 2.05. The number of rotatable bonds is 7. The Morgan fingerprint density at radius 3 is 2.35 bits per heavy atom. The zero-order valence-corrected chi connectivity index (χ0v) is 14.3. The van der Waals surface area contributed by atoms with Gasteiger partial charge in [0.15, 0.2) is 0 Å². The van der Waals surface area contributed by atoms with Gasteiger partial charge in [0.25, 0.3) is 0 Å². The van der Waals surface area contributed by atoms with E-state index in [0.29, 0.717) is 6.54 Å². The summed E-state index contributed by atoms with van der Waals surface area (Å²) in [4.78, 5) is 4.12. The van der Waals surface area contributed by atoms with Gasteiger partial charge in [-0.25, -0.2) is 4.39 Å². The molecule has 1 atom stereocenters. The van der Waals surface area contributed by atoms with Gasteiger partial charge in [-0.05, 0) is 51.8 Å². The number of hydrogen-bond acceptors (Lipinski definition) is 3. The molecule has 0 aliphatic rings. The third kappa shape index (κ3) is 5.34. The number of halogens is 1. The van der Waals surface area contributed by atoms with E-state index >= 15 is 0 Å². The van der Waals surface area contributed by atoms with Gasteiger partial charge >= 0.3 is 0 Å². The van der Waals surface area contributed by atoms with E-state index in [0.717, 1.165) is 17.9 Å². The minimum Gasteiger partial charge on any atom is -0.475 e. The van der Waals surface area contributed by atoms with Gasteiger partial charge in [0.05, 0.1) is 0 Å². The lowest BCUT2D eigenvalue weighted by Gasteiger charge is -2.27. The number of hydrogen-bond donors (Lipinski definition) is 0. The normalized spacial score (nSPS) is 12.7. The summed E-state index contributed by atoms with van der Waals surface area (Å²) in [6, 6.07) is 15.0. The summed E-state index contributed by atoms with van der Waals surface area (Å²) in [6.07, 6.45) is -0.110. The number of nitrogens with zero attached hydrogens (tertiary/aromatic N) is 2. The monoisotopic (exact) mass is 316 g/mol. The molecule has 0 amide bonds. The van der Waals surface area contributed by atoms with E-state index in [1.165, 1.54) is 11.6 Å². The van der Waals surface area contributed by atoms with Crippen LogP contribution in [0.3, 0.4) is 0 Å². The quantitative estimate of drug-likeness (QED) is 0.724. The Bertz CT molecular complexity index is 616. The Morgan fingerprint density at radius 1 is 1.00 bits per heavy atom. The van der Waals surface area contributed by atoms with Crippen molar-refractivity contribution in [1.29, 1.82) is 0 Å². The maximum absolute atomic E-state index is 13.5. The molecular weight excluding hydrogens is 291 g/mol. The molecule has 124 valence electrons. The van der Waals surface area contributed by atoms with Crippen molar-refractivity contribution in [3.63, 3.8) is 0 Å². The van der Waals surface area contributed by atoms with Gasteiger partial charge in [-0.3, -0.25) is 4.90 Å². The molecule has 0 aliphatic heterocycles. The maximum Gasteiger partial charge on any atom is 0.149 e. The summed E-state index contributed by atoms with van der Waals surface area (Å²) in [7, 11) is 5.94. The average Bonchev–Trinajstić information content (AvgIpc) is 2.50. The molecule has 1 unspecified atom stereocenters. The summed E-state index contributed by atoms with van der Waals surface area (Å²) in [5.41, 5.74) is 2.09. The Labute approximate surface area is 138 Å². The summed E-state index contributed by atoms with van der Waals surface area (Å²) >= 11 is 0. The lowest BCUT2D eigenvalue weighted by Crippen LogP contribution is -2.33. The second kappa shape index (κ2) is 8.09. The van der Waals surface area contributed by atoms with Gasteiger partial charge in [0, 0.05) is 18.7 Å². The van der Waals surface area contributed by atoms with Crippen molar-refractivity contribution in [3.05, 3.63) is 65.5 Å². The lowest BCUT2D eigenvalue weighted by molar-refractivity contribution is 0.0536. The number of benzene rings is 2. The van der Waals surface area contributed by atoms with Crippen LogP contribution in [0.2, 0.25) is 0 Å². The molecule has 2 aromatic carbocycles. The molecule has 23 heavy (non-hydrogen) atoms. The second-order valence-corrected chi connectivity index (χ2v) is 6.11. The fraction of sp³-hybridized carbons (Fsp3) is 0.368. The fourth-order valence-electron chi connectivity index (χ4n) is 2.40. The highest BCUT2D eigenvalue weighted by Crippen LogP contribution is 2.23. The average molecular weight is 316 g/mol. The maximum atomic E-state index is 13.5. The topological polar surface area (TPSA) is 15.7 Å². The van der Waals surface area contributed by atoms with Crippen molar-refractivity contribution in [2.45, 2.75) is 26.2 Å². The van der Waals surface area contributed by atoms with E-state index in [-0.39, 0.29) is 12.0 Å². The van der Waals surface area contributed by atoms with Gasteiger partial charge < -0.3 is 9.64 Å². The molecule has 0 aromatic heterocycles. The van der Waals surface area contributed by atoms with Crippen molar-refractivity contribution in [2.75, 3.05) is 21.1 Å². The molecule has 0 N–H and O–H groups in total. The molecule has 2 aromatic rings. The van der Waals surface area contributed by atoms with E-state index in [1.807, 2.05) is 51.2 Å². The minimum absolute atomic E-state index is 0.110. The molecule has 0 heterocycles.